The molecule has 0 fully saturated rings. The smallest absolute Gasteiger partial charge is 0.270 e. The van der Waals surface area contributed by atoms with Crippen molar-refractivity contribution in [2.45, 2.75) is 25.7 Å². The summed E-state index contributed by atoms with van der Waals surface area (Å²) in [6.07, 6.45) is 0. The summed E-state index contributed by atoms with van der Waals surface area (Å²) in [7, 11) is -3.86. The molecule has 19 heavy (non-hydrogen) atoms. The molecule has 106 valence electrons. The van der Waals surface area contributed by atoms with Gasteiger partial charge in [-0.2, -0.15) is 0 Å². The van der Waals surface area contributed by atoms with Crippen LogP contribution in [0.3, 0.4) is 0 Å². The molecule has 7 nitrogen and oxygen atoms in total. The first-order chi connectivity index (χ1) is 8.53. The topological polar surface area (TPSA) is 115 Å². The van der Waals surface area contributed by atoms with Crippen molar-refractivity contribution < 1.29 is 13.3 Å². The van der Waals surface area contributed by atoms with Crippen LogP contribution < -0.4 is 10.5 Å². The molecule has 0 heterocycles. The Morgan fingerprint density at radius 3 is 2.42 bits per heavy atom. The van der Waals surface area contributed by atoms with Crippen LogP contribution in [0.1, 0.15) is 20.8 Å². The minimum atomic E-state index is -3.86. The van der Waals surface area contributed by atoms with Crippen LogP contribution >= 0.6 is 0 Å². The van der Waals surface area contributed by atoms with Crippen molar-refractivity contribution in [3.8, 4) is 0 Å². The van der Waals surface area contributed by atoms with Gasteiger partial charge in [0.25, 0.3) is 5.69 Å². The molecule has 3 N–H and O–H groups in total. The predicted molar refractivity (Wildman–Crippen MR) is 72.2 cm³/mol. The molecule has 1 rings (SSSR count). The molecule has 0 aliphatic heterocycles. The summed E-state index contributed by atoms with van der Waals surface area (Å²) < 4.78 is 26.5. The highest BCUT2D eigenvalue weighted by atomic mass is 32.2. The van der Waals surface area contributed by atoms with Crippen LogP contribution in [0.2, 0.25) is 0 Å². The van der Waals surface area contributed by atoms with Crippen LogP contribution in [0.5, 0.6) is 0 Å². The number of nitrogens with one attached hydrogen (secondary N) is 1. The number of sulfonamides is 1. The Bertz CT molecular complexity index is 590. The lowest BCUT2D eigenvalue weighted by atomic mass is 9.98. The van der Waals surface area contributed by atoms with Crippen molar-refractivity contribution in [2.24, 2.45) is 5.41 Å². The van der Waals surface area contributed by atoms with Gasteiger partial charge in [0.2, 0.25) is 10.0 Å². The number of nitrogens with zero attached hydrogens (tertiary/aromatic N) is 1. The Morgan fingerprint density at radius 1 is 1.37 bits per heavy atom. The molecule has 1 aromatic rings. The van der Waals surface area contributed by atoms with E-state index >= 15 is 0 Å². The molecule has 0 aliphatic rings. The third-order valence-corrected chi connectivity index (χ3v) is 3.75. The fourth-order valence-electron chi connectivity index (χ4n) is 1.26. The zero-order valence-electron chi connectivity index (χ0n) is 11.0. The minimum Gasteiger partial charge on any atom is -0.398 e. The van der Waals surface area contributed by atoms with E-state index in [1.54, 1.807) is 0 Å². The number of nitrogen functional groups attached to an aromatic ring is 1. The summed E-state index contributed by atoms with van der Waals surface area (Å²) in [4.78, 5) is 9.72. The first-order valence-electron chi connectivity index (χ1n) is 5.56. The van der Waals surface area contributed by atoms with Crippen LogP contribution in [0.25, 0.3) is 0 Å². The Balaban J connectivity index is 3.14. The highest BCUT2D eigenvalue weighted by Gasteiger charge is 2.23. The molecule has 0 aliphatic carbocycles. The van der Waals surface area contributed by atoms with Gasteiger partial charge in [-0.15, -0.1) is 0 Å². The van der Waals surface area contributed by atoms with E-state index in [9.17, 15) is 18.5 Å². The van der Waals surface area contributed by atoms with Gasteiger partial charge in [-0.25, -0.2) is 13.1 Å². The molecule has 8 heteroatoms. The largest absolute Gasteiger partial charge is 0.398 e. The Morgan fingerprint density at radius 2 is 1.95 bits per heavy atom. The summed E-state index contributed by atoms with van der Waals surface area (Å²) in [5, 5.41) is 10.7. The van der Waals surface area contributed by atoms with Gasteiger partial charge in [0.15, 0.2) is 0 Å². The minimum absolute atomic E-state index is 0.0213. The fraction of sp³-hybridized carbons (Fsp3) is 0.455. The van der Waals surface area contributed by atoms with Gasteiger partial charge in [0.1, 0.15) is 4.90 Å². The van der Waals surface area contributed by atoms with Crippen molar-refractivity contribution in [3.63, 3.8) is 0 Å². The molecule has 0 radical (unpaired) electrons. The lowest BCUT2D eigenvalue weighted by molar-refractivity contribution is -0.385. The molecule has 0 unspecified atom stereocenters. The standard InChI is InChI=1S/C11H17N3O4S/c1-11(2,3)7-13-19(17,18)10-6-8(14(15)16)4-5-9(10)12/h4-6,13H,7,12H2,1-3H3. The fourth-order valence-corrected chi connectivity index (χ4v) is 2.69. The molecular weight excluding hydrogens is 270 g/mol. The first kappa shape index (κ1) is 15.4. The number of nitrogens with two attached hydrogens (primary N) is 1. The molecule has 1 aromatic carbocycles. The van der Waals surface area contributed by atoms with Gasteiger partial charge in [-0.1, -0.05) is 20.8 Å². The average molecular weight is 287 g/mol. The monoisotopic (exact) mass is 287 g/mol. The zero-order valence-corrected chi connectivity index (χ0v) is 11.8. The van der Waals surface area contributed by atoms with Crippen LogP contribution in [0.4, 0.5) is 11.4 Å². The van der Waals surface area contributed by atoms with Gasteiger partial charge in [-0.05, 0) is 11.5 Å². The maximum absolute atomic E-state index is 12.1. The molecule has 0 spiro atoms. The lowest BCUT2D eigenvalue weighted by Crippen LogP contribution is -2.32. The van der Waals surface area contributed by atoms with Crippen molar-refractivity contribution in [1.82, 2.24) is 4.72 Å². The van der Waals surface area contributed by atoms with E-state index in [-0.39, 0.29) is 28.2 Å². The highest BCUT2D eigenvalue weighted by molar-refractivity contribution is 7.89. The molecule has 0 amide bonds. The molecule has 0 atom stereocenters. The zero-order chi connectivity index (χ0) is 14.8. The van der Waals surface area contributed by atoms with Gasteiger partial charge >= 0.3 is 0 Å². The number of non-ortho nitro benzene ring substituents is 1. The first-order valence-corrected chi connectivity index (χ1v) is 7.05. The average Bonchev–Trinajstić information content (AvgIpc) is 2.25. The third kappa shape index (κ3) is 4.18. The van der Waals surface area contributed by atoms with Crippen LogP contribution in [0, 0.1) is 15.5 Å². The van der Waals surface area contributed by atoms with E-state index in [0.29, 0.717) is 0 Å². The second kappa shape index (κ2) is 5.14. The van der Waals surface area contributed by atoms with E-state index in [0.717, 1.165) is 12.1 Å². The third-order valence-electron chi connectivity index (χ3n) is 2.29. The van der Waals surface area contributed by atoms with Gasteiger partial charge in [0.05, 0.1) is 10.6 Å². The number of hydrogen-bond acceptors (Lipinski definition) is 5. The van der Waals surface area contributed by atoms with E-state index in [4.69, 9.17) is 5.73 Å². The normalized spacial score (nSPS) is 12.4. The summed E-state index contributed by atoms with van der Waals surface area (Å²) >= 11 is 0. The second-order valence-corrected chi connectivity index (χ2v) is 7.10. The van der Waals surface area contributed by atoms with Crippen LogP contribution in [0.15, 0.2) is 23.1 Å². The van der Waals surface area contributed by atoms with Crippen molar-refractivity contribution >= 4 is 21.4 Å². The van der Waals surface area contributed by atoms with E-state index in [2.05, 4.69) is 4.72 Å². The van der Waals surface area contributed by atoms with Gasteiger partial charge < -0.3 is 5.73 Å². The van der Waals surface area contributed by atoms with Crippen LogP contribution in [-0.4, -0.2) is 19.9 Å². The number of benzene rings is 1. The van der Waals surface area contributed by atoms with E-state index < -0.39 is 14.9 Å². The number of hydrogen-bond donors (Lipinski definition) is 2. The van der Waals surface area contributed by atoms with Crippen molar-refractivity contribution in [2.75, 3.05) is 12.3 Å². The van der Waals surface area contributed by atoms with Crippen LogP contribution in [-0.2, 0) is 10.0 Å². The molecular formula is C11H17N3O4S. The second-order valence-electron chi connectivity index (χ2n) is 5.36. The quantitative estimate of drug-likeness (QED) is 0.494. The SMILES string of the molecule is CC(C)(C)CNS(=O)(=O)c1cc([N+](=O)[O-])ccc1N. The molecule has 0 saturated heterocycles. The predicted octanol–water partition coefficient (Wildman–Crippen LogP) is 1.50. The number of nitro benzene ring substituents is 1. The molecule has 0 saturated carbocycles. The Labute approximate surface area is 112 Å². The molecule has 0 aromatic heterocycles. The van der Waals surface area contributed by atoms with Gasteiger partial charge in [0, 0.05) is 18.7 Å². The lowest BCUT2D eigenvalue weighted by Gasteiger charge is -2.19. The van der Waals surface area contributed by atoms with Crippen molar-refractivity contribution in [3.05, 3.63) is 28.3 Å². The Kier molecular flexibility index (Phi) is 4.16. The summed E-state index contributed by atoms with van der Waals surface area (Å²) in [5.74, 6) is 0. The Hall–Kier alpha value is -1.67. The van der Waals surface area contributed by atoms with Gasteiger partial charge in [-0.3, -0.25) is 10.1 Å². The summed E-state index contributed by atoms with van der Waals surface area (Å²) in [5.41, 5.74) is 4.99. The van der Waals surface area contributed by atoms with E-state index in [1.807, 2.05) is 20.8 Å². The molecule has 0 bridgehead atoms. The highest BCUT2D eigenvalue weighted by Crippen LogP contribution is 2.24. The number of nitro groups is 1. The summed E-state index contributed by atoms with van der Waals surface area (Å²) in [6.45, 7) is 5.81. The van der Waals surface area contributed by atoms with Crippen molar-refractivity contribution in [1.29, 1.82) is 0 Å². The maximum Gasteiger partial charge on any atom is 0.270 e. The van der Waals surface area contributed by atoms with E-state index in [1.165, 1.54) is 6.07 Å². The maximum atomic E-state index is 12.1. The number of anilines is 1. The summed E-state index contributed by atoms with van der Waals surface area (Å²) in [6, 6.07) is 3.34. The number of rotatable bonds is 4.